The molecule has 2 rings (SSSR count). The molecular weight excluding hydrogens is 308 g/mol. The normalized spacial score (nSPS) is 10.2. The van der Waals surface area contributed by atoms with Crippen LogP contribution >= 0.6 is 12.2 Å². The number of hydrogen-bond acceptors (Lipinski definition) is 3. The summed E-state index contributed by atoms with van der Waals surface area (Å²) in [6.45, 7) is 4.67. The summed E-state index contributed by atoms with van der Waals surface area (Å²) < 4.78 is 5.70. The van der Waals surface area contributed by atoms with Crippen molar-refractivity contribution in [3.8, 4) is 5.75 Å². The molecule has 0 bridgehead atoms. The third-order valence-electron chi connectivity index (χ3n) is 2.96. The van der Waals surface area contributed by atoms with Crippen molar-refractivity contribution in [1.82, 2.24) is 5.32 Å². The number of hydrogen-bond donors (Lipinski definition) is 2. The summed E-state index contributed by atoms with van der Waals surface area (Å²) in [4.78, 5) is 12.4. The molecule has 2 N–H and O–H groups in total. The van der Waals surface area contributed by atoms with Crippen LogP contribution in [0.5, 0.6) is 5.75 Å². The highest BCUT2D eigenvalue weighted by Crippen LogP contribution is 2.18. The number of ether oxygens (including phenoxy) is 1. The Hall–Kier alpha value is -2.40. The highest BCUT2D eigenvalue weighted by Gasteiger charge is 2.13. The highest BCUT2D eigenvalue weighted by atomic mass is 32.1. The van der Waals surface area contributed by atoms with Crippen molar-refractivity contribution in [1.29, 1.82) is 0 Å². The van der Waals surface area contributed by atoms with Crippen molar-refractivity contribution in [2.75, 3.05) is 11.9 Å². The van der Waals surface area contributed by atoms with Crippen molar-refractivity contribution in [3.63, 3.8) is 0 Å². The molecule has 5 heteroatoms. The van der Waals surface area contributed by atoms with Crippen molar-refractivity contribution in [2.45, 2.75) is 13.8 Å². The Morgan fingerprint density at radius 1 is 1.09 bits per heavy atom. The predicted molar refractivity (Wildman–Crippen MR) is 96.9 cm³/mol. The summed E-state index contributed by atoms with van der Waals surface area (Å²) in [6.07, 6.45) is 0. The monoisotopic (exact) mass is 328 g/mol. The summed E-state index contributed by atoms with van der Waals surface area (Å²) in [6, 6.07) is 16.6. The fourth-order valence-corrected chi connectivity index (χ4v) is 2.10. The number of benzene rings is 2. The van der Waals surface area contributed by atoms with Crippen LogP contribution in [0.4, 0.5) is 5.69 Å². The number of carbonyl (C=O) groups is 1. The van der Waals surface area contributed by atoms with Gasteiger partial charge in [-0.1, -0.05) is 44.2 Å². The van der Waals surface area contributed by atoms with Crippen LogP contribution in [0.2, 0.25) is 0 Å². The summed E-state index contributed by atoms with van der Waals surface area (Å²) >= 11 is 5.18. The molecule has 0 aliphatic heterocycles. The molecule has 120 valence electrons. The van der Waals surface area contributed by atoms with E-state index in [0.29, 0.717) is 23.8 Å². The topological polar surface area (TPSA) is 50.4 Å². The van der Waals surface area contributed by atoms with Gasteiger partial charge < -0.3 is 10.1 Å². The molecule has 0 radical (unpaired) electrons. The van der Waals surface area contributed by atoms with Gasteiger partial charge in [-0.3, -0.25) is 10.1 Å². The zero-order valence-electron chi connectivity index (χ0n) is 13.2. The fourth-order valence-electron chi connectivity index (χ4n) is 1.89. The molecule has 1 amide bonds. The number of thiocarbonyl (C=S) groups is 1. The minimum absolute atomic E-state index is 0.250. The van der Waals surface area contributed by atoms with E-state index < -0.39 is 0 Å². The lowest BCUT2D eigenvalue weighted by Crippen LogP contribution is -2.34. The van der Waals surface area contributed by atoms with E-state index in [1.165, 1.54) is 0 Å². The fraction of sp³-hybridized carbons (Fsp3) is 0.222. The van der Waals surface area contributed by atoms with E-state index >= 15 is 0 Å². The van der Waals surface area contributed by atoms with Gasteiger partial charge in [-0.2, -0.15) is 0 Å². The van der Waals surface area contributed by atoms with E-state index in [0.717, 1.165) is 5.69 Å². The number of anilines is 1. The molecule has 0 saturated carbocycles. The predicted octanol–water partition coefficient (Wildman–Crippen LogP) is 3.85. The molecule has 0 aliphatic carbocycles. The van der Waals surface area contributed by atoms with Gasteiger partial charge in [0.25, 0.3) is 5.91 Å². The molecule has 0 atom stereocenters. The van der Waals surface area contributed by atoms with E-state index in [9.17, 15) is 4.79 Å². The van der Waals surface area contributed by atoms with Crippen LogP contribution in [0.1, 0.15) is 24.2 Å². The van der Waals surface area contributed by atoms with E-state index in [-0.39, 0.29) is 11.0 Å². The smallest absolute Gasteiger partial charge is 0.261 e. The van der Waals surface area contributed by atoms with Gasteiger partial charge in [0.15, 0.2) is 5.11 Å². The summed E-state index contributed by atoms with van der Waals surface area (Å²) in [5.41, 5.74) is 1.28. The Morgan fingerprint density at radius 3 is 2.43 bits per heavy atom. The minimum Gasteiger partial charge on any atom is -0.492 e. The molecular formula is C18H20N2O2S. The van der Waals surface area contributed by atoms with Crippen LogP contribution in [0.25, 0.3) is 0 Å². The van der Waals surface area contributed by atoms with Crippen LogP contribution in [-0.2, 0) is 0 Å². The van der Waals surface area contributed by atoms with Gasteiger partial charge in [0, 0.05) is 5.69 Å². The Balaban J connectivity index is 2.01. The lowest BCUT2D eigenvalue weighted by molar-refractivity contribution is 0.0973. The molecule has 2 aromatic carbocycles. The third-order valence-corrected chi connectivity index (χ3v) is 3.17. The van der Waals surface area contributed by atoms with Crippen LogP contribution in [-0.4, -0.2) is 17.6 Å². The zero-order valence-corrected chi connectivity index (χ0v) is 14.0. The van der Waals surface area contributed by atoms with E-state index in [1.807, 2.05) is 36.4 Å². The Morgan fingerprint density at radius 2 is 1.74 bits per heavy atom. The first-order chi connectivity index (χ1) is 11.1. The van der Waals surface area contributed by atoms with Gasteiger partial charge in [-0.15, -0.1) is 0 Å². The van der Waals surface area contributed by atoms with Crippen molar-refractivity contribution >= 4 is 28.9 Å². The van der Waals surface area contributed by atoms with Crippen LogP contribution in [0.15, 0.2) is 54.6 Å². The quantitative estimate of drug-likeness (QED) is 0.819. The largest absolute Gasteiger partial charge is 0.492 e. The maximum Gasteiger partial charge on any atom is 0.261 e. The van der Waals surface area contributed by atoms with Gasteiger partial charge in [0.05, 0.1) is 12.2 Å². The van der Waals surface area contributed by atoms with Gasteiger partial charge >= 0.3 is 0 Å². The first kappa shape index (κ1) is 17.0. The standard InChI is InChI=1S/C18H20N2O2S/c1-13(2)12-22-16-11-7-6-10-15(16)17(21)20-18(23)19-14-8-4-3-5-9-14/h3-11,13H,12H2,1-2H3,(H2,19,20,21,23). The third kappa shape index (κ3) is 5.38. The number of amides is 1. The number of rotatable bonds is 5. The van der Waals surface area contributed by atoms with Crippen LogP contribution in [0.3, 0.4) is 0 Å². The van der Waals surface area contributed by atoms with Crippen molar-refractivity contribution in [2.24, 2.45) is 5.92 Å². The average molecular weight is 328 g/mol. The maximum atomic E-state index is 12.4. The zero-order chi connectivity index (χ0) is 16.7. The van der Waals surface area contributed by atoms with E-state index in [2.05, 4.69) is 24.5 Å². The molecule has 0 unspecified atom stereocenters. The van der Waals surface area contributed by atoms with Gasteiger partial charge in [-0.05, 0) is 42.4 Å². The minimum atomic E-state index is -0.294. The Labute approximate surface area is 141 Å². The maximum absolute atomic E-state index is 12.4. The van der Waals surface area contributed by atoms with E-state index in [4.69, 9.17) is 17.0 Å². The number of carbonyl (C=O) groups excluding carboxylic acids is 1. The van der Waals surface area contributed by atoms with Crippen molar-refractivity contribution < 1.29 is 9.53 Å². The number of nitrogens with one attached hydrogen (secondary N) is 2. The molecule has 0 heterocycles. The average Bonchev–Trinajstić information content (AvgIpc) is 2.54. The summed E-state index contributed by atoms with van der Waals surface area (Å²) in [5, 5.41) is 5.89. The first-order valence-electron chi connectivity index (χ1n) is 7.45. The highest BCUT2D eigenvalue weighted by molar-refractivity contribution is 7.80. The molecule has 4 nitrogen and oxygen atoms in total. The first-order valence-corrected chi connectivity index (χ1v) is 7.86. The summed E-state index contributed by atoms with van der Waals surface area (Å²) in [5.74, 6) is 0.644. The van der Waals surface area contributed by atoms with Gasteiger partial charge in [0.2, 0.25) is 0 Å². The lowest BCUT2D eigenvalue weighted by Gasteiger charge is -2.14. The molecule has 0 saturated heterocycles. The molecule has 0 spiro atoms. The Kier molecular flexibility index (Phi) is 6.11. The van der Waals surface area contributed by atoms with Crippen LogP contribution in [0, 0.1) is 5.92 Å². The second-order valence-electron chi connectivity index (χ2n) is 5.48. The molecule has 2 aromatic rings. The second kappa shape index (κ2) is 8.29. The molecule has 0 fully saturated rings. The molecule has 23 heavy (non-hydrogen) atoms. The van der Waals surface area contributed by atoms with Crippen molar-refractivity contribution in [3.05, 3.63) is 60.2 Å². The molecule has 0 aliphatic rings. The summed E-state index contributed by atoms with van der Waals surface area (Å²) in [7, 11) is 0. The second-order valence-corrected chi connectivity index (χ2v) is 5.88. The Bertz CT molecular complexity index is 672. The SMILES string of the molecule is CC(C)COc1ccccc1C(=O)NC(=S)Nc1ccccc1. The van der Waals surface area contributed by atoms with Crippen LogP contribution < -0.4 is 15.4 Å². The molecule has 0 aromatic heterocycles. The van der Waals surface area contributed by atoms with Gasteiger partial charge in [0.1, 0.15) is 5.75 Å². The van der Waals surface area contributed by atoms with E-state index in [1.54, 1.807) is 18.2 Å². The number of para-hydroxylation sites is 2. The lowest BCUT2D eigenvalue weighted by atomic mass is 10.2. The van der Waals surface area contributed by atoms with Gasteiger partial charge in [-0.25, -0.2) is 0 Å².